The topological polar surface area (TPSA) is 101 Å². The summed E-state index contributed by atoms with van der Waals surface area (Å²) in [6.07, 6.45) is 8.44. The maximum atomic E-state index is 13.5. The number of esters is 1. The zero-order valence-corrected chi connectivity index (χ0v) is 19.5. The van der Waals surface area contributed by atoms with Crippen LogP contribution in [0.25, 0.3) is 0 Å². The molecule has 2 bridgehead atoms. The quantitative estimate of drug-likeness (QED) is 0.476. The number of aromatic nitrogens is 2. The number of fused-ring (bicyclic) bond motifs is 3. The largest absolute Gasteiger partial charge is 0.454 e. The number of aliphatic hydroxyl groups is 1. The Labute approximate surface area is 197 Å². The molecule has 33 heavy (non-hydrogen) atoms. The van der Waals surface area contributed by atoms with Crippen LogP contribution < -0.4 is 5.32 Å². The highest BCUT2D eigenvalue weighted by atomic mass is 32.1. The molecule has 2 aromatic rings. The average molecular weight is 472 g/mol. The molecular weight excluding hydrogens is 440 g/mol. The van der Waals surface area contributed by atoms with Gasteiger partial charge in [-0.2, -0.15) is 0 Å². The van der Waals surface area contributed by atoms with Crippen molar-refractivity contribution in [3.05, 3.63) is 40.8 Å². The van der Waals surface area contributed by atoms with Crippen LogP contribution in [0.2, 0.25) is 0 Å². The zero-order chi connectivity index (χ0) is 22.9. The van der Waals surface area contributed by atoms with Crippen molar-refractivity contribution < 1.29 is 23.9 Å². The second kappa shape index (κ2) is 9.12. The molecule has 0 radical (unpaired) electrons. The highest BCUT2D eigenvalue weighted by Crippen LogP contribution is 2.44. The Morgan fingerprint density at radius 3 is 2.55 bits per heavy atom. The Balaban J connectivity index is 1.28. The minimum absolute atomic E-state index is 0.107. The summed E-state index contributed by atoms with van der Waals surface area (Å²) in [5.74, 6) is -0.174. The number of piperidine rings is 3. The smallest absolute Gasteiger partial charge is 0.344 e. The van der Waals surface area contributed by atoms with Crippen molar-refractivity contribution in [1.29, 1.82) is 0 Å². The summed E-state index contributed by atoms with van der Waals surface area (Å²) in [4.78, 5) is 35.0. The third-order valence-corrected chi connectivity index (χ3v) is 8.74. The van der Waals surface area contributed by atoms with Gasteiger partial charge < -0.3 is 14.3 Å². The number of nitrogens with zero attached hydrogens (tertiary/aromatic N) is 3. The first-order valence-corrected chi connectivity index (χ1v) is 12.8. The lowest BCUT2D eigenvalue weighted by atomic mass is 9.82. The lowest BCUT2D eigenvalue weighted by Gasteiger charge is -2.51. The molecule has 176 valence electrons. The van der Waals surface area contributed by atoms with Gasteiger partial charge in [0, 0.05) is 41.9 Å². The summed E-state index contributed by atoms with van der Waals surface area (Å²) in [5.41, 5.74) is -1.58. The van der Waals surface area contributed by atoms with Crippen molar-refractivity contribution in [1.82, 2.24) is 9.97 Å². The van der Waals surface area contributed by atoms with Crippen molar-refractivity contribution in [2.24, 2.45) is 11.8 Å². The lowest BCUT2D eigenvalue weighted by Crippen LogP contribution is -2.66. The Hall–Kier alpha value is -2.36. The predicted octanol–water partition coefficient (Wildman–Crippen LogP) is 2.71. The van der Waals surface area contributed by atoms with E-state index in [0.717, 1.165) is 51.6 Å². The number of thiophene rings is 1. The van der Waals surface area contributed by atoms with Gasteiger partial charge in [0.05, 0.1) is 13.1 Å². The van der Waals surface area contributed by atoms with Crippen molar-refractivity contribution in [2.45, 2.75) is 50.2 Å². The van der Waals surface area contributed by atoms with Gasteiger partial charge in [-0.3, -0.25) is 10.1 Å². The van der Waals surface area contributed by atoms with E-state index >= 15 is 0 Å². The Morgan fingerprint density at radius 1 is 1.15 bits per heavy atom. The number of carbonyl (C=O) groups is 2. The van der Waals surface area contributed by atoms with Crippen molar-refractivity contribution in [3.63, 3.8) is 0 Å². The molecule has 1 aliphatic carbocycles. The monoisotopic (exact) mass is 471 g/mol. The van der Waals surface area contributed by atoms with Crippen LogP contribution in [0.15, 0.2) is 36.0 Å². The van der Waals surface area contributed by atoms with Gasteiger partial charge in [0.2, 0.25) is 5.95 Å². The fourth-order valence-corrected chi connectivity index (χ4v) is 6.83. The van der Waals surface area contributed by atoms with E-state index in [9.17, 15) is 14.7 Å². The molecular formula is C24H31N4O4S+. The molecule has 6 rings (SSSR count). The maximum Gasteiger partial charge on any atom is 0.344 e. The molecule has 3 aliphatic heterocycles. The summed E-state index contributed by atoms with van der Waals surface area (Å²) < 4.78 is 6.69. The molecule has 4 aliphatic rings. The first-order valence-electron chi connectivity index (χ1n) is 11.9. The van der Waals surface area contributed by atoms with Gasteiger partial charge in [0.15, 0.2) is 18.2 Å². The standard InChI is InChI=1S/C24H30N4O4S/c29-21(27-23-25-10-4-11-26-23)16-28-12-8-17(9-13-28)19(15-28)32-22(30)24(31,18-5-1-2-6-18)20-7-3-14-33-20/h3-4,7,10-11,14,17-19,31H,1-2,5-6,8-9,12-13,15-16H2/p+1/t17?,19?,24-,28?/m0/s1. The SMILES string of the molecule is O=C(C[N+]12CCC(CC1)C(OC(=O)[C@@](O)(c1cccs1)C1CCCC1)C2)Nc1ncccn1. The number of quaternary nitrogens is 1. The molecule has 0 spiro atoms. The molecule has 4 fully saturated rings. The van der Waals surface area contributed by atoms with Crippen LogP contribution in [0.5, 0.6) is 0 Å². The highest BCUT2D eigenvalue weighted by Gasteiger charge is 2.53. The van der Waals surface area contributed by atoms with E-state index in [1.165, 1.54) is 11.3 Å². The molecule has 2 atom stereocenters. The Morgan fingerprint density at radius 2 is 1.88 bits per heavy atom. The molecule has 2 N–H and O–H groups in total. The van der Waals surface area contributed by atoms with Crippen LogP contribution in [-0.2, 0) is 19.9 Å². The molecule has 9 heteroatoms. The van der Waals surface area contributed by atoms with E-state index in [4.69, 9.17) is 4.74 Å². The van der Waals surface area contributed by atoms with E-state index in [1.54, 1.807) is 18.5 Å². The van der Waals surface area contributed by atoms with Crippen LogP contribution in [0.3, 0.4) is 0 Å². The number of hydrogen-bond acceptors (Lipinski definition) is 7. The summed E-state index contributed by atoms with van der Waals surface area (Å²) in [7, 11) is 0. The van der Waals surface area contributed by atoms with Crippen molar-refractivity contribution in [2.75, 3.05) is 31.5 Å². The molecule has 1 saturated carbocycles. The van der Waals surface area contributed by atoms with Crippen LogP contribution in [0.1, 0.15) is 43.4 Å². The van der Waals surface area contributed by atoms with Gasteiger partial charge in [0.1, 0.15) is 6.54 Å². The zero-order valence-electron chi connectivity index (χ0n) is 18.7. The Kier molecular flexibility index (Phi) is 6.20. The molecule has 3 saturated heterocycles. The van der Waals surface area contributed by atoms with Gasteiger partial charge in [-0.15, -0.1) is 11.3 Å². The fraction of sp³-hybridized carbons (Fsp3) is 0.583. The van der Waals surface area contributed by atoms with Gasteiger partial charge in [-0.05, 0) is 30.4 Å². The van der Waals surface area contributed by atoms with Gasteiger partial charge in [-0.25, -0.2) is 14.8 Å². The molecule has 5 heterocycles. The summed E-state index contributed by atoms with van der Waals surface area (Å²) in [6, 6.07) is 5.41. The highest BCUT2D eigenvalue weighted by molar-refractivity contribution is 7.10. The number of nitrogens with one attached hydrogen (secondary N) is 1. The summed E-state index contributed by atoms with van der Waals surface area (Å²) in [6.45, 7) is 2.68. The summed E-state index contributed by atoms with van der Waals surface area (Å²) >= 11 is 1.41. The maximum absolute atomic E-state index is 13.5. The number of ether oxygens (including phenoxy) is 1. The predicted molar refractivity (Wildman–Crippen MR) is 123 cm³/mol. The van der Waals surface area contributed by atoms with E-state index in [1.807, 2.05) is 17.5 Å². The second-order valence-corrected chi connectivity index (χ2v) is 10.7. The molecule has 1 amide bonds. The third kappa shape index (κ3) is 4.41. The first kappa shape index (κ1) is 22.4. The van der Waals surface area contributed by atoms with Crippen LogP contribution in [-0.4, -0.2) is 63.7 Å². The van der Waals surface area contributed by atoms with Crippen LogP contribution in [0, 0.1) is 11.8 Å². The van der Waals surface area contributed by atoms with Gasteiger partial charge in [-0.1, -0.05) is 18.9 Å². The van der Waals surface area contributed by atoms with Crippen molar-refractivity contribution in [3.8, 4) is 0 Å². The molecule has 0 aromatic carbocycles. The van der Waals surface area contributed by atoms with E-state index in [2.05, 4.69) is 15.3 Å². The summed E-state index contributed by atoms with van der Waals surface area (Å²) in [5, 5.41) is 16.3. The first-order chi connectivity index (χ1) is 16.0. The lowest BCUT2D eigenvalue weighted by molar-refractivity contribution is -0.939. The van der Waals surface area contributed by atoms with E-state index in [-0.39, 0.29) is 23.8 Å². The second-order valence-electron chi connectivity index (χ2n) is 9.76. The van der Waals surface area contributed by atoms with Crippen LogP contribution in [0.4, 0.5) is 5.95 Å². The Bertz CT molecular complexity index is 972. The minimum Gasteiger partial charge on any atom is -0.454 e. The number of carbonyl (C=O) groups excluding carboxylic acids is 2. The fourth-order valence-electron chi connectivity index (χ4n) is 5.94. The van der Waals surface area contributed by atoms with E-state index < -0.39 is 11.6 Å². The molecule has 8 nitrogen and oxygen atoms in total. The van der Waals surface area contributed by atoms with Gasteiger partial charge in [0.25, 0.3) is 5.91 Å². The molecule has 1 unspecified atom stereocenters. The van der Waals surface area contributed by atoms with E-state index in [0.29, 0.717) is 28.4 Å². The number of amides is 1. The van der Waals surface area contributed by atoms with Crippen molar-refractivity contribution >= 4 is 29.2 Å². The average Bonchev–Trinajstić information content (AvgIpc) is 3.54. The number of anilines is 1. The normalized spacial score (nSPS) is 28.9. The molecule has 2 aromatic heterocycles. The van der Waals surface area contributed by atoms with Gasteiger partial charge >= 0.3 is 5.97 Å². The van der Waals surface area contributed by atoms with Crippen LogP contribution >= 0.6 is 11.3 Å². The number of rotatable bonds is 7. The number of hydrogen-bond donors (Lipinski definition) is 2. The minimum atomic E-state index is -1.58. The third-order valence-electron chi connectivity index (χ3n) is 7.75.